The molecule has 1 aromatic carbocycles. The summed E-state index contributed by atoms with van der Waals surface area (Å²) in [6, 6.07) is 7.58. The molecule has 4 heteroatoms. The van der Waals surface area contributed by atoms with E-state index in [2.05, 4.69) is 0 Å². The SMILES string of the molecule is CCC(C)(C)C(=O)N(CCCN)c1ccc(OC)cc1. The number of anilines is 1. The highest BCUT2D eigenvalue weighted by atomic mass is 16.5. The van der Waals surface area contributed by atoms with Gasteiger partial charge in [0.1, 0.15) is 5.75 Å². The van der Waals surface area contributed by atoms with Gasteiger partial charge in [-0.05, 0) is 43.7 Å². The molecule has 0 fully saturated rings. The van der Waals surface area contributed by atoms with Gasteiger partial charge in [0, 0.05) is 17.6 Å². The molecule has 0 aliphatic heterocycles. The van der Waals surface area contributed by atoms with Crippen molar-refractivity contribution < 1.29 is 9.53 Å². The normalized spacial score (nSPS) is 11.2. The summed E-state index contributed by atoms with van der Waals surface area (Å²) in [5.41, 5.74) is 6.11. The molecule has 0 aliphatic rings. The first-order valence-corrected chi connectivity index (χ1v) is 7.12. The van der Waals surface area contributed by atoms with E-state index in [1.165, 1.54) is 0 Å². The number of benzene rings is 1. The number of methoxy groups -OCH3 is 1. The molecule has 0 spiro atoms. The molecule has 0 atom stereocenters. The molecule has 0 aromatic heterocycles. The number of carbonyl (C=O) groups excluding carboxylic acids is 1. The molecular formula is C16H26N2O2. The van der Waals surface area contributed by atoms with E-state index in [4.69, 9.17) is 10.5 Å². The van der Waals surface area contributed by atoms with Crippen LogP contribution >= 0.6 is 0 Å². The van der Waals surface area contributed by atoms with Gasteiger partial charge in [-0.25, -0.2) is 0 Å². The molecule has 0 bridgehead atoms. The summed E-state index contributed by atoms with van der Waals surface area (Å²) in [6.07, 6.45) is 1.60. The van der Waals surface area contributed by atoms with Gasteiger partial charge in [0.05, 0.1) is 7.11 Å². The molecule has 0 saturated heterocycles. The number of ether oxygens (including phenoxy) is 1. The van der Waals surface area contributed by atoms with E-state index in [1.54, 1.807) is 7.11 Å². The third kappa shape index (κ3) is 3.97. The molecule has 112 valence electrons. The third-order valence-electron chi connectivity index (χ3n) is 3.68. The second-order valence-electron chi connectivity index (χ2n) is 5.53. The highest BCUT2D eigenvalue weighted by molar-refractivity contribution is 5.97. The predicted octanol–water partition coefficient (Wildman–Crippen LogP) is 2.81. The van der Waals surface area contributed by atoms with Crippen molar-refractivity contribution >= 4 is 11.6 Å². The number of rotatable bonds is 7. The van der Waals surface area contributed by atoms with E-state index < -0.39 is 0 Å². The number of hydrogen-bond donors (Lipinski definition) is 1. The van der Waals surface area contributed by atoms with E-state index >= 15 is 0 Å². The van der Waals surface area contributed by atoms with Crippen LogP contribution in [0.2, 0.25) is 0 Å². The van der Waals surface area contributed by atoms with Crippen LogP contribution in [0.5, 0.6) is 5.75 Å². The molecule has 0 unspecified atom stereocenters. The monoisotopic (exact) mass is 278 g/mol. The lowest BCUT2D eigenvalue weighted by atomic mass is 9.88. The van der Waals surface area contributed by atoms with Crippen LogP contribution in [0, 0.1) is 5.41 Å². The fourth-order valence-electron chi connectivity index (χ4n) is 1.88. The van der Waals surface area contributed by atoms with Crippen LogP contribution in [0.25, 0.3) is 0 Å². The predicted molar refractivity (Wildman–Crippen MR) is 83.1 cm³/mol. The van der Waals surface area contributed by atoms with Crippen LogP contribution in [0.3, 0.4) is 0 Å². The van der Waals surface area contributed by atoms with Crippen LogP contribution in [-0.4, -0.2) is 26.1 Å². The Morgan fingerprint density at radius 1 is 1.30 bits per heavy atom. The minimum Gasteiger partial charge on any atom is -0.497 e. The second-order valence-corrected chi connectivity index (χ2v) is 5.53. The van der Waals surface area contributed by atoms with Crippen LogP contribution in [-0.2, 0) is 4.79 Å². The Bertz CT molecular complexity index is 427. The molecular weight excluding hydrogens is 252 g/mol. The zero-order chi connectivity index (χ0) is 15.2. The van der Waals surface area contributed by atoms with Crippen molar-refractivity contribution in [3.63, 3.8) is 0 Å². The first-order chi connectivity index (χ1) is 9.46. The van der Waals surface area contributed by atoms with E-state index in [9.17, 15) is 4.79 Å². The number of amides is 1. The smallest absolute Gasteiger partial charge is 0.232 e. The van der Waals surface area contributed by atoms with Gasteiger partial charge >= 0.3 is 0 Å². The molecule has 0 radical (unpaired) electrons. The zero-order valence-corrected chi connectivity index (χ0v) is 13.0. The lowest BCUT2D eigenvalue weighted by Crippen LogP contribution is -2.41. The molecule has 0 aliphatic carbocycles. The number of hydrogen-bond acceptors (Lipinski definition) is 3. The van der Waals surface area contributed by atoms with Crippen LogP contribution in [0.1, 0.15) is 33.6 Å². The maximum atomic E-state index is 12.7. The van der Waals surface area contributed by atoms with Crippen molar-refractivity contribution in [3.8, 4) is 5.75 Å². The Labute approximate surface area is 121 Å². The third-order valence-corrected chi connectivity index (χ3v) is 3.68. The Morgan fingerprint density at radius 2 is 1.90 bits per heavy atom. The largest absolute Gasteiger partial charge is 0.497 e. The van der Waals surface area contributed by atoms with Crippen molar-refractivity contribution in [1.29, 1.82) is 0 Å². The van der Waals surface area contributed by atoms with Gasteiger partial charge in [-0.3, -0.25) is 4.79 Å². The van der Waals surface area contributed by atoms with E-state index in [1.807, 2.05) is 49.9 Å². The summed E-state index contributed by atoms with van der Waals surface area (Å²) < 4.78 is 5.16. The van der Waals surface area contributed by atoms with Crippen molar-refractivity contribution in [2.75, 3.05) is 25.1 Å². The number of carbonyl (C=O) groups is 1. The first kappa shape index (κ1) is 16.5. The van der Waals surface area contributed by atoms with Crippen molar-refractivity contribution in [2.45, 2.75) is 33.6 Å². The Morgan fingerprint density at radius 3 is 2.35 bits per heavy atom. The Balaban J connectivity index is 3.01. The maximum absolute atomic E-state index is 12.7. The van der Waals surface area contributed by atoms with Gasteiger partial charge in [0.15, 0.2) is 0 Å². The fourth-order valence-corrected chi connectivity index (χ4v) is 1.88. The summed E-state index contributed by atoms with van der Waals surface area (Å²) in [5.74, 6) is 0.924. The highest BCUT2D eigenvalue weighted by Gasteiger charge is 2.30. The first-order valence-electron chi connectivity index (χ1n) is 7.12. The lowest BCUT2D eigenvalue weighted by Gasteiger charge is -2.31. The zero-order valence-electron chi connectivity index (χ0n) is 13.0. The number of nitrogens with zero attached hydrogens (tertiary/aromatic N) is 1. The van der Waals surface area contributed by atoms with Crippen molar-refractivity contribution in [3.05, 3.63) is 24.3 Å². The van der Waals surface area contributed by atoms with Gasteiger partial charge in [-0.1, -0.05) is 20.8 Å². The van der Waals surface area contributed by atoms with Gasteiger partial charge in [-0.2, -0.15) is 0 Å². The highest BCUT2D eigenvalue weighted by Crippen LogP contribution is 2.28. The summed E-state index contributed by atoms with van der Waals surface area (Å²) in [7, 11) is 1.63. The summed E-state index contributed by atoms with van der Waals surface area (Å²) in [5, 5.41) is 0. The summed E-state index contributed by atoms with van der Waals surface area (Å²) >= 11 is 0. The Hall–Kier alpha value is -1.55. The van der Waals surface area contributed by atoms with E-state index in [0.717, 1.165) is 24.3 Å². The minimum atomic E-state index is -0.367. The molecule has 20 heavy (non-hydrogen) atoms. The maximum Gasteiger partial charge on any atom is 0.232 e. The number of nitrogens with two attached hydrogens (primary N) is 1. The lowest BCUT2D eigenvalue weighted by molar-refractivity contribution is -0.126. The second kappa shape index (κ2) is 7.29. The van der Waals surface area contributed by atoms with Gasteiger partial charge in [-0.15, -0.1) is 0 Å². The van der Waals surface area contributed by atoms with Crippen molar-refractivity contribution in [2.24, 2.45) is 11.1 Å². The average molecular weight is 278 g/mol. The van der Waals surface area contributed by atoms with Gasteiger partial charge < -0.3 is 15.4 Å². The average Bonchev–Trinajstić information content (AvgIpc) is 2.48. The standard InChI is InChI=1S/C16H26N2O2/c1-5-16(2,3)15(19)18(12-6-11-17)13-7-9-14(20-4)10-8-13/h7-10H,5-6,11-12,17H2,1-4H3. The molecule has 4 nitrogen and oxygen atoms in total. The Kier molecular flexibility index (Phi) is 6.02. The quantitative estimate of drug-likeness (QED) is 0.834. The molecule has 1 aromatic rings. The van der Waals surface area contributed by atoms with E-state index in [0.29, 0.717) is 13.1 Å². The summed E-state index contributed by atoms with van der Waals surface area (Å²) in [6.45, 7) is 7.22. The van der Waals surface area contributed by atoms with E-state index in [-0.39, 0.29) is 11.3 Å². The van der Waals surface area contributed by atoms with Crippen LogP contribution in [0.15, 0.2) is 24.3 Å². The minimum absolute atomic E-state index is 0.138. The topological polar surface area (TPSA) is 55.6 Å². The summed E-state index contributed by atoms with van der Waals surface area (Å²) in [4.78, 5) is 14.5. The molecule has 0 heterocycles. The van der Waals surface area contributed by atoms with Crippen LogP contribution < -0.4 is 15.4 Å². The molecule has 1 amide bonds. The van der Waals surface area contributed by atoms with Gasteiger partial charge in [0.2, 0.25) is 5.91 Å². The van der Waals surface area contributed by atoms with Crippen molar-refractivity contribution in [1.82, 2.24) is 0 Å². The molecule has 0 saturated carbocycles. The van der Waals surface area contributed by atoms with Crippen LogP contribution in [0.4, 0.5) is 5.69 Å². The molecule has 2 N–H and O–H groups in total. The fraction of sp³-hybridized carbons (Fsp3) is 0.562. The van der Waals surface area contributed by atoms with Gasteiger partial charge in [0.25, 0.3) is 0 Å². The molecule has 1 rings (SSSR count).